The van der Waals surface area contributed by atoms with E-state index in [0.29, 0.717) is 0 Å². The van der Waals surface area contributed by atoms with Crippen LogP contribution < -0.4 is 10.2 Å². The first-order valence-corrected chi connectivity index (χ1v) is 5.57. The van der Waals surface area contributed by atoms with Crippen molar-refractivity contribution in [2.75, 3.05) is 31.6 Å². The highest BCUT2D eigenvalue weighted by molar-refractivity contribution is 5.48. The van der Waals surface area contributed by atoms with Gasteiger partial charge in [0.25, 0.3) is 0 Å². The van der Waals surface area contributed by atoms with Crippen molar-refractivity contribution in [2.45, 2.75) is 19.8 Å². The molecule has 0 saturated heterocycles. The molecule has 15 heavy (non-hydrogen) atoms. The molecule has 1 aromatic heterocycles. The van der Waals surface area contributed by atoms with Crippen LogP contribution in [-0.4, -0.2) is 36.6 Å². The second kappa shape index (κ2) is 4.57. The molecule has 1 aliphatic rings. The molecule has 0 saturated carbocycles. The SMILES string of the molecule is CCN(C)c1ncnc2c1CCNCC2. The zero-order chi connectivity index (χ0) is 10.7. The van der Waals surface area contributed by atoms with Gasteiger partial charge in [0.2, 0.25) is 0 Å². The molecule has 1 aliphatic heterocycles. The molecular formula is C11H18N4. The van der Waals surface area contributed by atoms with E-state index in [-0.39, 0.29) is 0 Å². The third-order valence-corrected chi connectivity index (χ3v) is 2.94. The monoisotopic (exact) mass is 206 g/mol. The van der Waals surface area contributed by atoms with Crippen LogP contribution in [0.15, 0.2) is 6.33 Å². The number of anilines is 1. The van der Waals surface area contributed by atoms with E-state index in [4.69, 9.17) is 0 Å². The maximum Gasteiger partial charge on any atom is 0.135 e. The predicted octanol–water partition coefficient (Wildman–Crippen LogP) is 0.621. The van der Waals surface area contributed by atoms with Gasteiger partial charge < -0.3 is 10.2 Å². The number of nitrogens with one attached hydrogen (secondary N) is 1. The summed E-state index contributed by atoms with van der Waals surface area (Å²) >= 11 is 0. The van der Waals surface area contributed by atoms with Crippen LogP contribution in [-0.2, 0) is 12.8 Å². The number of nitrogens with zero attached hydrogens (tertiary/aromatic N) is 3. The maximum atomic E-state index is 4.39. The lowest BCUT2D eigenvalue weighted by Gasteiger charge is -2.19. The Morgan fingerprint density at radius 1 is 1.33 bits per heavy atom. The summed E-state index contributed by atoms with van der Waals surface area (Å²) in [6.07, 6.45) is 3.74. The second-order valence-corrected chi connectivity index (χ2v) is 3.89. The molecule has 4 heteroatoms. The third-order valence-electron chi connectivity index (χ3n) is 2.94. The van der Waals surface area contributed by atoms with Crippen molar-refractivity contribution in [3.05, 3.63) is 17.6 Å². The summed E-state index contributed by atoms with van der Waals surface area (Å²) in [5.74, 6) is 1.10. The Morgan fingerprint density at radius 3 is 2.93 bits per heavy atom. The van der Waals surface area contributed by atoms with Gasteiger partial charge in [0, 0.05) is 32.1 Å². The summed E-state index contributed by atoms with van der Waals surface area (Å²) in [6, 6.07) is 0. The summed E-state index contributed by atoms with van der Waals surface area (Å²) in [6.45, 7) is 5.19. The first-order valence-electron chi connectivity index (χ1n) is 5.57. The zero-order valence-corrected chi connectivity index (χ0v) is 9.45. The first-order chi connectivity index (χ1) is 7.33. The Bertz CT molecular complexity index is 337. The quantitative estimate of drug-likeness (QED) is 0.770. The van der Waals surface area contributed by atoms with Gasteiger partial charge in [-0.25, -0.2) is 9.97 Å². The Hall–Kier alpha value is -1.16. The molecule has 1 aromatic rings. The summed E-state index contributed by atoms with van der Waals surface area (Å²) in [5.41, 5.74) is 2.54. The van der Waals surface area contributed by atoms with Crippen molar-refractivity contribution in [1.82, 2.24) is 15.3 Å². The lowest BCUT2D eigenvalue weighted by atomic mass is 10.1. The van der Waals surface area contributed by atoms with Crippen LogP contribution in [0.3, 0.4) is 0 Å². The van der Waals surface area contributed by atoms with Crippen LogP contribution in [0.4, 0.5) is 5.82 Å². The molecule has 0 atom stereocenters. The number of hydrogen-bond donors (Lipinski definition) is 1. The number of rotatable bonds is 2. The van der Waals surface area contributed by atoms with Gasteiger partial charge in [-0.05, 0) is 19.9 Å². The van der Waals surface area contributed by atoms with E-state index in [1.54, 1.807) is 6.33 Å². The van der Waals surface area contributed by atoms with Crippen molar-refractivity contribution in [3.63, 3.8) is 0 Å². The van der Waals surface area contributed by atoms with E-state index in [0.717, 1.165) is 38.3 Å². The Morgan fingerprint density at radius 2 is 2.13 bits per heavy atom. The number of fused-ring (bicyclic) bond motifs is 1. The van der Waals surface area contributed by atoms with Crippen molar-refractivity contribution in [1.29, 1.82) is 0 Å². The van der Waals surface area contributed by atoms with Crippen LogP contribution in [0.5, 0.6) is 0 Å². The fraction of sp³-hybridized carbons (Fsp3) is 0.636. The Labute approximate surface area is 90.7 Å². The lowest BCUT2D eigenvalue weighted by Crippen LogP contribution is -2.21. The largest absolute Gasteiger partial charge is 0.360 e. The fourth-order valence-electron chi connectivity index (χ4n) is 1.93. The van der Waals surface area contributed by atoms with E-state index in [1.807, 2.05) is 0 Å². The van der Waals surface area contributed by atoms with Crippen molar-refractivity contribution >= 4 is 5.82 Å². The van der Waals surface area contributed by atoms with Gasteiger partial charge >= 0.3 is 0 Å². The van der Waals surface area contributed by atoms with Crippen molar-refractivity contribution in [2.24, 2.45) is 0 Å². The molecule has 2 heterocycles. The van der Waals surface area contributed by atoms with E-state index in [2.05, 4.69) is 34.2 Å². The van der Waals surface area contributed by atoms with Crippen LogP contribution in [0.2, 0.25) is 0 Å². The molecule has 0 fully saturated rings. The van der Waals surface area contributed by atoms with Gasteiger partial charge in [0.1, 0.15) is 12.1 Å². The van der Waals surface area contributed by atoms with Gasteiger partial charge in [0.05, 0.1) is 5.69 Å². The van der Waals surface area contributed by atoms with E-state index in [1.165, 1.54) is 11.3 Å². The standard InChI is InChI=1S/C11H18N4/c1-3-15(2)11-9-4-6-12-7-5-10(9)13-8-14-11/h8,12H,3-7H2,1-2H3. The molecule has 1 N–H and O–H groups in total. The van der Waals surface area contributed by atoms with Crippen LogP contribution in [0.1, 0.15) is 18.2 Å². The normalized spacial score (nSPS) is 15.6. The van der Waals surface area contributed by atoms with Gasteiger partial charge in [-0.3, -0.25) is 0 Å². The van der Waals surface area contributed by atoms with Crippen molar-refractivity contribution in [3.8, 4) is 0 Å². The minimum Gasteiger partial charge on any atom is -0.360 e. The molecule has 0 amide bonds. The van der Waals surface area contributed by atoms with Gasteiger partial charge in [0.15, 0.2) is 0 Å². The highest BCUT2D eigenvalue weighted by atomic mass is 15.2. The fourth-order valence-corrected chi connectivity index (χ4v) is 1.93. The molecule has 0 bridgehead atoms. The van der Waals surface area contributed by atoms with Crippen LogP contribution >= 0.6 is 0 Å². The average molecular weight is 206 g/mol. The van der Waals surface area contributed by atoms with Crippen LogP contribution in [0.25, 0.3) is 0 Å². The summed E-state index contributed by atoms with van der Waals surface area (Å²) in [7, 11) is 2.08. The Kier molecular flexibility index (Phi) is 3.16. The first kappa shape index (κ1) is 10.4. The smallest absolute Gasteiger partial charge is 0.135 e. The second-order valence-electron chi connectivity index (χ2n) is 3.89. The predicted molar refractivity (Wildman–Crippen MR) is 61.3 cm³/mol. The van der Waals surface area contributed by atoms with Crippen LogP contribution in [0, 0.1) is 0 Å². The molecular weight excluding hydrogens is 188 g/mol. The highest BCUT2D eigenvalue weighted by Gasteiger charge is 2.15. The highest BCUT2D eigenvalue weighted by Crippen LogP contribution is 2.20. The average Bonchev–Trinajstić information content (AvgIpc) is 2.52. The molecule has 4 nitrogen and oxygen atoms in total. The summed E-state index contributed by atoms with van der Waals surface area (Å²) in [5, 5.41) is 3.39. The molecule has 0 radical (unpaired) electrons. The molecule has 0 aliphatic carbocycles. The Balaban J connectivity index is 2.38. The van der Waals surface area contributed by atoms with Gasteiger partial charge in [-0.2, -0.15) is 0 Å². The third kappa shape index (κ3) is 2.09. The number of hydrogen-bond acceptors (Lipinski definition) is 4. The zero-order valence-electron chi connectivity index (χ0n) is 9.45. The molecule has 2 rings (SSSR count). The molecule has 0 spiro atoms. The van der Waals surface area contributed by atoms with E-state index in [9.17, 15) is 0 Å². The lowest BCUT2D eigenvalue weighted by molar-refractivity contribution is 0.708. The summed E-state index contributed by atoms with van der Waals surface area (Å²) in [4.78, 5) is 11.0. The van der Waals surface area contributed by atoms with E-state index >= 15 is 0 Å². The summed E-state index contributed by atoms with van der Waals surface area (Å²) < 4.78 is 0. The molecule has 82 valence electrons. The topological polar surface area (TPSA) is 41.1 Å². The minimum atomic E-state index is 0.983. The number of aromatic nitrogens is 2. The van der Waals surface area contributed by atoms with E-state index < -0.39 is 0 Å². The van der Waals surface area contributed by atoms with Crippen molar-refractivity contribution < 1.29 is 0 Å². The molecule has 0 unspecified atom stereocenters. The minimum absolute atomic E-state index is 0.983. The molecule has 0 aromatic carbocycles. The van der Waals surface area contributed by atoms with Gasteiger partial charge in [-0.15, -0.1) is 0 Å². The maximum absolute atomic E-state index is 4.39. The van der Waals surface area contributed by atoms with Gasteiger partial charge in [-0.1, -0.05) is 0 Å².